The van der Waals surface area contributed by atoms with Crippen molar-refractivity contribution in [1.29, 1.82) is 5.41 Å². The fraction of sp³-hybridized carbons (Fsp3) is 0.167. The Hall–Kier alpha value is -1.19. The van der Waals surface area contributed by atoms with E-state index in [0.717, 1.165) is 12.2 Å². The zero-order valence-electron chi connectivity index (χ0n) is 5.94. The van der Waals surface area contributed by atoms with Crippen molar-refractivity contribution in [3.8, 4) is 0 Å². The molecule has 3 nitrogen and oxygen atoms in total. The molecule has 0 aromatic carbocycles. The summed E-state index contributed by atoms with van der Waals surface area (Å²) in [5.41, 5.74) is 7.46. The second-order valence-corrected chi connectivity index (χ2v) is 2.24. The monoisotopic (exact) mass is 135 g/mol. The lowest BCUT2D eigenvalue weighted by molar-refractivity contribution is 0.914. The minimum Gasteiger partial charge on any atom is -0.397 e. The minimum atomic E-state index is 0.488. The molecule has 0 atom stereocenters. The Balaban J connectivity index is 2.89. The summed E-state index contributed by atoms with van der Waals surface area (Å²) >= 11 is 0. The van der Waals surface area contributed by atoms with E-state index in [1.165, 1.54) is 0 Å². The minimum absolute atomic E-state index is 0.488. The highest BCUT2D eigenvalue weighted by Gasteiger charge is 2.04. The molecule has 1 aliphatic heterocycles. The summed E-state index contributed by atoms with van der Waals surface area (Å²) in [4.78, 5) is 0. The topological polar surface area (TPSA) is 61.9 Å². The van der Waals surface area contributed by atoms with E-state index < -0.39 is 0 Å². The van der Waals surface area contributed by atoms with Crippen molar-refractivity contribution in [3.05, 3.63) is 23.5 Å². The summed E-state index contributed by atoms with van der Waals surface area (Å²) in [6.45, 7) is 0.770. The summed E-state index contributed by atoms with van der Waals surface area (Å²) in [6.07, 6.45) is 3.76. The summed E-state index contributed by atoms with van der Waals surface area (Å²) in [5, 5.41) is 10.3. The number of hydrogen-bond donors (Lipinski definition) is 3. The molecule has 0 unspecified atom stereocenters. The molecule has 4 N–H and O–H groups in total. The molecule has 0 bridgehead atoms. The number of rotatable bonds is 1. The van der Waals surface area contributed by atoms with Crippen LogP contribution in [-0.4, -0.2) is 20.0 Å². The zero-order valence-corrected chi connectivity index (χ0v) is 5.94. The van der Waals surface area contributed by atoms with Crippen LogP contribution < -0.4 is 11.1 Å². The molecule has 1 heterocycles. The first-order chi connectivity index (χ1) is 4.72. The van der Waals surface area contributed by atoms with Gasteiger partial charge < -0.3 is 16.5 Å². The van der Waals surface area contributed by atoms with E-state index in [1.54, 1.807) is 7.85 Å². The zero-order chi connectivity index (χ0) is 7.56. The Morgan fingerprint density at radius 3 is 2.90 bits per heavy atom. The van der Waals surface area contributed by atoms with Gasteiger partial charge in [-0.2, -0.15) is 0 Å². The SMILES string of the molecule is BC(=N)C1=C(N)C=CCN1. The van der Waals surface area contributed by atoms with Gasteiger partial charge in [-0.25, -0.2) is 0 Å². The van der Waals surface area contributed by atoms with Gasteiger partial charge in [0.25, 0.3) is 0 Å². The van der Waals surface area contributed by atoms with Gasteiger partial charge in [0.05, 0.1) is 11.4 Å². The summed E-state index contributed by atoms with van der Waals surface area (Å²) in [7, 11) is 1.72. The first kappa shape index (κ1) is 6.93. The molecular formula is C6H10BN3. The lowest BCUT2D eigenvalue weighted by atomic mass is 9.96. The lowest BCUT2D eigenvalue weighted by Gasteiger charge is -2.13. The van der Waals surface area contributed by atoms with Gasteiger partial charge >= 0.3 is 0 Å². The van der Waals surface area contributed by atoms with E-state index in [1.807, 2.05) is 12.2 Å². The van der Waals surface area contributed by atoms with Crippen molar-refractivity contribution in [2.45, 2.75) is 0 Å². The molecule has 1 rings (SSSR count). The van der Waals surface area contributed by atoms with Crippen LogP contribution >= 0.6 is 0 Å². The quantitative estimate of drug-likeness (QED) is 0.316. The van der Waals surface area contributed by atoms with Gasteiger partial charge in [0.2, 0.25) is 0 Å². The Bertz CT molecular complexity index is 217. The van der Waals surface area contributed by atoms with Gasteiger partial charge in [-0.15, -0.1) is 0 Å². The van der Waals surface area contributed by atoms with Gasteiger partial charge in [0, 0.05) is 12.2 Å². The maximum atomic E-state index is 7.28. The van der Waals surface area contributed by atoms with Crippen LogP contribution in [0.4, 0.5) is 0 Å². The van der Waals surface area contributed by atoms with Crippen LogP contribution in [0.5, 0.6) is 0 Å². The number of allylic oxidation sites excluding steroid dienone is 2. The lowest BCUT2D eigenvalue weighted by Crippen LogP contribution is -2.26. The van der Waals surface area contributed by atoms with Crippen LogP contribution in [0.3, 0.4) is 0 Å². The average molecular weight is 135 g/mol. The fourth-order valence-electron chi connectivity index (χ4n) is 0.881. The smallest absolute Gasteiger partial charge is 0.165 e. The second-order valence-electron chi connectivity index (χ2n) is 2.24. The van der Waals surface area contributed by atoms with Crippen molar-refractivity contribution >= 4 is 13.5 Å². The van der Waals surface area contributed by atoms with Crippen LogP contribution in [0, 0.1) is 5.41 Å². The molecule has 0 aliphatic carbocycles. The van der Waals surface area contributed by atoms with Crippen molar-refractivity contribution < 1.29 is 0 Å². The number of nitrogens with two attached hydrogens (primary N) is 1. The van der Waals surface area contributed by atoms with E-state index in [0.29, 0.717) is 11.3 Å². The Kier molecular flexibility index (Phi) is 1.80. The van der Waals surface area contributed by atoms with Gasteiger partial charge in [-0.05, 0) is 6.08 Å². The number of nitrogens with one attached hydrogen (secondary N) is 2. The van der Waals surface area contributed by atoms with Crippen LogP contribution in [0.1, 0.15) is 0 Å². The van der Waals surface area contributed by atoms with Gasteiger partial charge in [-0.3, -0.25) is 0 Å². The second kappa shape index (κ2) is 2.60. The summed E-state index contributed by atoms with van der Waals surface area (Å²) < 4.78 is 0. The van der Waals surface area contributed by atoms with E-state index in [9.17, 15) is 0 Å². The average Bonchev–Trinajstić information content (AvgIpc) is 1.88. The third-order valence-corrected chi connectivity index (χ3v) is 1.36. The van der Waals surface area contributed by atoms with E-state index >= 15 is 0 Å². The molecular weight excluding hydrogens is 125 g/mol. The van der Waals surface area contributed by atoms with Crippen molar-refractivity contribution in [2.75, 3.05) is 6.54 Å². The molecule has 0 saturated heterocycles. The molecule has 0 radical (unpaired) electrons. The van der Waals surface area contributed by atoms with Crippen molar-refractivity contribution in [3.63, 3.8) is 0 Å². The summed E-state index contributed by atoms with van der Waals surface area (Å²) in [6, 6.07) is 0. The molecule has 0 amide bonds. The molecule has 4 heteroatoms. The predicted octanol–water partition coefficient (Wildman–Crippen LogP) is -1.07. The maximum absolute atomic E-state index is 7.28. The molecule has 0 aromatic heterocycles. The summed E-state index contributed by atoms with van der Waals surface area (Å²) in [5.74, 6) is 0. The Morgan fingerprint density at radius 2 is 2.50 bits per heavy atom. The largest absolute Gasteiger partial charge is 0.397 e. The molecule has 0 saturated carbocycles. The molecule has 1 aliphatic rings. The highest BCUT2D eigenvalue weighted by atomic mass is 14.9. The Morgan fingerprint density at radius 1 is 1.80 bits per heavy atom. The standard InChI is InChI=1S/C6H10BN3/c7-6(9)5-4(8)2-1-3-10-5/h1-2,9-10H,3,7-8H2. The fourth-order valence-corrected chi connectivity index (χ4v) is 0.881. The maximum Gasteiger partial charge on any atom is 0.165 e. The normalized spacial score (nSPS) is 16.8. The van der Waals surface area contributed by atoms with Crippen molar-refractivity contribution in [1.82, 2.24) is 5.32 Å². The van der Waals surface area contributed by atoms with E-state index in [4.69, 9.17) is 11.1 Å². The van der Waals surface area contributed by atoms with Gasteiger partial charge in [0.15, 0.2) is 7.85 Å². The van der Waals surface area contributed by atoms with Crippen LogP contribution in [-0.2, 0) is 0 Å². The molecule has 10 heavy (non-hydrogen) atoms. The highest BCUT2D eigenvalue weighted by Crippen LogP contribution is 2.01. The third kappa shape index (κ3) is 1.21. The van der Waals surface area contributed by atoms with Crippen LogP contribution in [0.15, 0.2) is 23.5 Å². The molecule has 0 aromatic rings. The van der Waals surface area contributed by atoms with Crippen LogP contribution in [0.2, 0.25) is 0 Å². The van der Waals surface area contributed by atoms with E-state index in [-0.39, 0.29) is 0 Å². The van der Waals surface area contributed by atoms with Crippen LogP contribution in [0.25, 0.3) is 0 Å². The molecule has 0 fully saturated rings. The van der Waals surface area contributed by atoms with Gasteiger partial charge in [-0.1, -0.05) is 6.08 Å². The Labute approximate surface area is 60.9 Å². The predicted molar refractivity (Wildman–Crippen MR) is 44.6 cm³/mol. The van der Waals surface area contributed by atoms with Gasteiger partial charge in [0.1, 0.15) is 0 Å². The number of hydrogen-bond acceptors (Lipinski definition) is 3. The highest BCUT2D eigenvalue weighted by molar-refractivity contribution is 6.63. The van der Waals surface area contributed by atoms with Crippen molar-refractivity contribution in [2.24, 2.45) is 5.73 Å². The first-order valence-electron chi connectivity index (χ1n) is 3.17. The molecule has 52 valence electrons. The third-order valence-electron chi connectivity index (χ3n) is 1.36. The van der Waals surface area contributed by atoms with E-state index in [2.05, 4.69) is 5.32 Å². The number of dihydropyridines is 1. The first-order valence-corrected chi connectivity index (χ1v) is 3.17. The molecule has 0 spiro atoms.